The van der Waals surface area contributed by atoms with E-state index in [1.165, 1.54) is 0 Å². The topological polar surface area (TPSA) is 34.1 Å². The van der Waals surface area contributed by atoms with Gasteiger partial charge in [-0.25, -0.2) is 0 Å². The number of benzene rings is 1. The maximum absolute atomic E-state index is 10.7. The van der Waals surface area contributed by atoms with E-state index >= 15 is 0 Å². The molecule has 3 heteroatoms. The summed E-state index contributed by atoms with van der Waals surface area (Å²) in [5.74, 6) is 0. The molecule has 0 saturated heterocycles. The Bertz CT molecular complexity index is 368. The molecule has 0 saturated carbocycles. The van der Waals surface area contributed by atoms with E-state index in [1.54, 1.807) is 12.1 Å². The van der Waals surface area contributed by atoms with Crippen LogP contribution in [0.2, 0.25) is 0 Å². The first-order chi connectivity index (χ1) is 5.75. The Morgan fingerprint density at radius 1 is 1.25 bits per heavy atom. The van der Waals surface area contributed by atoms with Crippen molar-refractivity contribution in [2.45, 2.75) is 13.3 Å². The fourth-order valence-electron chi connectivity index (χ4n) is 1.04. The van der Waals surface area contributed by atoms with Gasteiger partial charge >= 0.3 is 0 Å². The van der Waals surface area contributed by atoms with Gasteiger partial charge in [0.15, 0.2) is 0 Å². The van der Waals surface area contributed by atoms with Gasteiger partial charge in [-0.1, -0.05) is 37.3 Å². The Hall–Kier alpha value is -1.09. The van der Waals surface area contributed by atoms with E-state index in [1.807, 2.05) is 25.1 Å². The van der Waals surface area contributed by atoms with E-state index in [2.05, 4.69) is 0 Å². The molecule has 0 aliphatic carbocycles. The van der Waals surface area contributed by atoms with Crippen LogP contribution in [0.15, 0.2) is 30.3 Å². The number of hydrogen-bond donors (Lipinski definition) is 0. The molecule has 0 radical (unpaired) electrons. The third-order valence-electron chi connectivity index (χ3n) is 1.62. The summed E-state index contributed by atoms with van der Waals surface area (Å²) in [6.45, 7) is 1.83. The van der Waals surface area contributed by atoms with Crippen molar-refractivity contribution in [1.82, 2.24) is 0 Å². The first-order valence-corrected chi connectivity index (χ1v) is 4.83. The van der Waals surface area contributed by atoms with Gasteiger partial charge in [-0.15, -0.1) is 0 Å². The molecule has 0 N–H and O–H groups in total. The van der Waals surface area contributed by atoms with Crippen LogP contribution in [0, 0.1) is 0 Å². The van der Waals surface area contributed by atoms with Gasteiger partial charge in [0.05, 0.1) is 4.86 Å². The van der Waals surface area contributed by atoms with Crippen molar-refractivity contribution in [3.05, 3.63) is 35.9 Å². The molecule has 0 unspecified atom stereocenters. The van der Waals surface area contributed by atoms with Crippen molar-refractivity contribution in [1.29, 1.82) is 0 Å². The molecule has 0 aliphatic rings. The molecule has 64 valence electrons. The van der Waals surface area contributed by atoms with Gasteiger partial charge < -0.3 is 0 Å². The molecule has 0 aliphatic heterocycles. The van der Waals surface area contributed by atoms with Crippen LogP contribution >= 0.6 is 0 Å². The lowest BCUT2D eigenvalue weighted by Crippen LogP contribution is -1.99. The highest BCUT2D eigenvalue weighted by atomic mass is 32.2. The highest BCUT2D eigenvalue weighted by Gasteiger charge is 2.00. The lowest BCUT2D eigenvalue weighted by Gasteiger charge is -1.96. The lowest BCUT2D eigenvalue weighted by atomic mass is 10.1. The third-order valence-corrected chi connectivity index (χ3v) is 2.54. The molecule has 1 rings (SSSR count). The molecular formula is C9H10O2S. The van der Waals surface area contributed by atoms with Gasteiger partial charge in [0.25, 0.3) is 0 Å². The SMILES string of the molecule is CCC(c1ccccc1)=S(=O)=O. The molecular weight excluding hydrogens is 172 g/mol. The van der Waals surface area contributed by atoms with Crippen LogP contribution in [0.4, 0.5) is 0 Å². The maximum atomic E-state index is 10.7. The molecule has 1 aromatic carbocycles. The van der Waals surface area contributed by atoms with E-state index in [0.717, 1.165) is 5.56 Å². The van der Waals surface area contributed by atoms with E-state index in [-0.39, 0.29) is 0 Å². The molecule has 1 aromatic rings. The highest BCUT2D eigenvalue weighted by Crippen LogP contribution is 2.02. The van der Waals surface area contributed by atoms with E-state index < -0.39 is 10.3 Å². The highest BCUT2D eigenvalue weighted by molar-refractivity contribution is 7.73. The Balaban J connectivity index is 3.24. The molecule has 0 bridgehead atoms. The van der Waals surface area contributed by atoms with Gasteiger partial charge in [-0.3, -0.25) is 0 Å². The Kier molecular flexibility index (Phi) is 3.05. The second-order valence-corrected chi connectivity index (χ2v) is 3.34. The standard InChI is InChI=1S/C9H10O2S/c1-2-9(12(10)11)8-6-4-3-5-7-8/h3-7H,2H2,1H3. The summed E-state index contributed by atoms with van der Waals surface area (Å²) in [5.41, 5.74) is 0.785. The minimum absolute atomic E-state index is 0.468. The fraction of sp³-hybridized carbons (Fsp3) is 0.222. The molecule has 0 atom stereocenters. The Labute approximate surface area is 73.4 Å². The van der Waals surface area contributed by atoms with Crippen molar-refractivity contribution < 1.29 is 8.42 Å². The zero-order valence-corrected chi connectivity index (χ0v) is 7.64. The molecule has 0 aromatic heterocycles. The summed E-state index contributed by atoms with van der Waals surface area (Å²) in [6, 6.07) is 9.13. The first kappa shape index (κ1) is 9.00. The zero-order valence-electron chi connectivity index (χ0n) is 6.82. The van der Waals surface area contributed by atoms with Crippen molar-refractivity contribution in [2.75, 3.05) is 0 Å². The summed E-state index contributed by atoms with van der Waals surface area (Å²) in [5, 5.41) is 0. The van der Waals surface area contributed by atoms with E-state index in [4.69, 9.17) is 0 Å². The molecule has 0 heterocycles. The fourth-order valence-corrected chi connectivity index (χ4v) is 1.61. The maximum Gasteiger partial charge on any atom is 0.217 e. The van der Waals surface area contributed by atoms with Crippen LogP contribution in [-0.4, -0.2) is 13.3 Å². The van der Waals surface area contributed by atoms with Crippen molar-refractivity contribution in [3.63, 3.8) is 0 Å². The number of hydrogen-bond acceptors (Lipinski definition) is 2. The summed E-state index contributed by atoms with van der Waals surface area (Å²) >= 11 is 0. The van der Waals surface area contributed by atoms with Crippen LogP contribution in [0.1, 0.15) is 18.9 Å². The zero-order chi connectivity index (χ0) is 8.97. The summed E-state index contributed by atoms with van der Waals surface area (Å²) in [4.78, 5) is 0.468. The lowest BCUT2D eigenvalue weighted by molar-refractivity contribution is 0.627. The van der Waals surface area contributed by atoms with Crippen LogP contribution in [0.5, 0.6) is 0 Å². The Morgan fingerprint density at radius 3 is 2.25 bits per heavy atom. The van der Waals surface area contributed by atoms with Gasteiger partial charge in [0, 0.05) is 0 Å². The Morgan fingerprint density at radius 2 is 1.83 bits per heavy atom. The van der Waals surface area contributed by atoms with Crippen LogP contribution in [-0.2, 0) is 10.3 Å². The van der Waals surface area contributed by atoms with Gasteiger partial charge in [0.2, 0.25) is 10.3 Å². The summed E-state index contributed by atoms with van der Waals surface area (Å²) < 4.78 is 21.4. The van der Waals surface area contributed by atoms with Crippen molar-refractivity contribution in [2.24, 2.45) is 0 Å². The molecule has 0 fully saturated rings. The van der Waals surface area contributed by atoms with Gasteiger partial charge in [0.1, 0.15) is 0 Å². The second kappa shape index (κ2) is 4.07. The monoisotopic (exact) mass is 182 g/mol. The first-order valence-electron chi connectivity index (χ1n) is 3.76. The summed E-state index contributed by atoms with van der Waals surface area (Å²) in [6.07, 6.45) is 0.542. The largest absolute Gasteiger partial charge is 0.217 e. The van der Waals surface area contributed by atoms with E-state index in [0.29, 0.717) is 11.3 Å². The normalized spacial score (nSPS) is 9.42. The van der Waals surface area contributed by atoms with Crippen molar-refractivity contribution >= 4 is 15.2 Å². The third kappa shape index (κ3) is 1.95. The predicted octanol–water partition coefficient (Wildman–Crippen LogP) is 1.50. The van der Waals surface area contributed by atoms with Gasteiger partial charge in [-0.05, 0) is 12.0 Å². The molecule has 0 amide bonds. The van der Waals surface area contributed by atoms with Gasteiger partial charge in [-0.2, -0.15) is 8.42 Å². The van der Waals surface area contributed by atoms with E-state index in [9.17, 15) is 8.42 Å². The molecule has 2 nitrogen and oxygen atoms in total. The number of rotatable bonds is 2. The smallest absolute Gasteiger partial charge is 0.184 e. The quantitative estimate of drug-likeness (QED) is 0.513. The van der Waals surface area contributed by atoms with Crippen molar-refractivity contribution in [3.8, 4) is 0 Å². The van der Waals surface area contributed by atoms with Crippen LogP contribution in [0.25, 0.3) is 0 Å². The minimum Gasteiger partial charge on any atom is -0.184 e. The minimum atomic E-state index is -2.09. The summed E-state index contributed by atoms with van der Waals surface area (Å²) in [7, 11) is -2.09. The average Bonchev–Trinajstić information content (AvgIpc) is 2.07. The predicted molar refractivity (Wildman–Crippen MR) is 49.8 cm³/mol. The molecule has 12 heavy (non-hydrogen) atoms. The average molecular weight is 182 g/mol. The second-order valence-electron chi connectivity index (χ2n) is 2.38. The molecule has 0 spiro atoms. The van der Waals surface area contributed by atoms with Crippen LogP contribution < -0.4 is 0 Å². The van der Waals surface area contributed by atoms with Crippen LogP contribution in [0.3, 0.4) is 0 Å².